The van der Waals surface area contributed by atoms with E-state index in [4.69, 9.17) is 15.2 Å². The van der Waals surface area contributed by atoms with E-state index in [1.165, 1.54) is 6.20 Å². The fraction of sp³-hybridized carbons (Fsp3) is 0.571. The van der Waals surface area contributed by atoms with E-state index in [0.717, 1.165) is 0 Å². The highest BCUT2D eigenvalue weighted by Gasteiger charge is 2.18. The Hall–Kier alpha value is -1.96. The van der Waals surface area contributed by atoms with Crippen LogP contribution in [0.5, 0.6) is 5.75 Å². The number of morpholine rings is 1. The minimum atomic E-state index is -2.53. The Bertz CT molecular complexity index is 513. The van der Waals surface area contributed by atoms with Gasteiger partial charge in [0, 0.05) is 24.8 Å². The van der Waals surface area contributed by atoms with Crippen molar-refractivity contribution in [3.8, 4) is 5.75 Å². The lowest BCUT2D eigenvalue weighted by Crippen LogP contribution is -2.47. The van der Waals surface area contributed by atoms with Gasteiger partial charge in [-0.2, -0.15) is 0 Å². The summed E-state index contributed by atoms with van der Waals surface area (Å²) < 4.78 is 34.9. The summed E-state index contributed by atoms with van der Waals surface area (Å²) >= 11 is 0. The molecule has 2 rings (SSSR count). The molecule has 6 nitrogen and oxygen atoms in total. The van der Waals surface area contributed by atoms with Crippen molar-refractivity contribution in [2.24, 2.45) is 10.7 Å². The van der Waals surface area contributed by atoms with Crippen molar-refractivity contribution in [3.63, 3.8) is 0 Å². The van der Waals surface area contributed by atoms with Crippen molar-refractivity contribution in [1.82, 2.24) is 9.88 Å². The number of hydrogen-bond donors (Lipinski definition) is 1. The normalized spacial score (nSPS) is 19.5. The Balaban J connectivity index is 1.99. The molecular weight excluding hydrogens is 294 g/mol. The lowest BCUT2D eigenvalue weighted by atomic mass is 10.2. The Morgan fingerprint density at radius 2 is 2.45 bits per heavy atom. The van der Waals surface area contributed by atoms with E-state index in [1.54, 1.807) is 12.3 Å². The lowest BCUT2D eigenvalue weighted by Gasteiger charge is -2.31. The summed E-state index contributed by atoms with van der Waals surface area (Å²) in [6.45, 7) is 3.52. The van der Waals surface area contributed by atoms with Crippen LogP contribution in [0.1, 0.15) is 12.5 Å². The molecule has 0 saturated carbocycles. The highest BCUT2D eigenvalue weighted by molar-refractivity contribution is 5.78. The zero-order valence-corrected chi connectivity index (χ0v) is 12.4. The van der Waals surface area contributed by atoms with E-state index >= 15 is 0 Å². The van der Waals surface area contributed by atoms with Crippen molar-refractivity contribution in [2.45, 2.75) is 26.0 Å². The summed E-state index contributed by atoms with van der Waals surface area (Å²) in [5.74, 6) is 0.710. The number of pyridine rings is 1. The van der Waals surface area contributed by atoms with Crippen molar-refractivity contribution < 1.29 is 18.3 Å². The smallest absolute Gasteiger partial charge is 0.272 e. The van der Waals surface area contributed by atoms with Crippen LogP contribution in [0, 0.1) is 0 Å². The van der Waals surface area contributed by atoms with Gasteiger partial charge in [-0.15, -0.1) is 0 Å². The van der Waals surface area contributed by atoms with Crippen LogP contribution in [-0.4, -0.2) is 54.7 Å². The second-order valence-electron chi connectivity index (χ2n) is 4.99. The number of nitrogens with zero attached hydrogens (tertiary/aromatic N) is 3. The third-order valence-electron chi connectivity index (χ3n) is 3.21. The van der Waals surface area contributed by atoms with Gasteiger partial charge < -0.3 is 20.1 Å². The number of aromatic nitrogens is 1. The van der Waals surface area contributed by atoms with Gasteiger partial charge in [-0.1, -0.05) is 0 Å². The van der Waals surface area contributed by atoms with E-state index in [9.17, 15) is 8.78 Å². The number of guanidine groups is 1. The van der Waals surface area contributed by atoms with Crippen LogP contribution in [0.3, 0.4) is 0 Å². The average molecular weight is 314 g/mol. The molecule has 122 valence electrons. The standard InChI is InChI=1S/C14H20F2N4O2/c1-10-8-20(4-5-21-10)14(17)19-6-11-2-3-18-7-12(11)22-9-13(15)16/h2-3,7,10,13H,4-6,8-9H2,1H3,(H2,17,19). The molecular formula is C14H20F2N4O2. The van der Waals surface area contributed by atoms with Crippen LogP contribution < -0.4 is 10.5 Å². The van der Waals surface area contributed by atoms with Crippen molar-refractivity contribution in [3.05, 3.63) is 24.0 Å². The predicted molar refractivity (Wildman–Crippen MR) is 78.0 cm³/mol. The minimum absolute atomic E-state index is 0.105. The average Bonchev–Trinajstić information content (AvgIpc) is 2.51. The fourth-order valence-electron chi connectivity index (χ4n) is 2.11. The molecule has 1 unspecified atom stereocenters. The first-order valence-corrected chi connectivity index (χ1v) is 7.06. The van der Waals surface area contributed by atoms with Gasteiger partial charge in [-0.3, -0.25) is 4.98 Å². The van der Waals surface area contributed by atoms with Crippen LogP contribution >= 0.6 is 0 Å². The number of halogens is 2. The highest BCUT2D eigenvalue weighted by atomic mass is 19.3. The minimum Gasteiger partial charge on any atom is -0.486 e. The molecule has 1 aromatic heterocycles. The van der Waals surface area contributed by atoms with Gasteiger partial charge >= 0.3 is 0 Å². The van der Waals surface area contributed by atoms with Gasteiger partial charge in [-0.25, -0.2) is 13.8 Å². The first kappa shape index (κ1) is 16.4. The zero-order chi connectivity index (χ0) is 15.9. The lowest BCUT2D eigenvalue weighted by molar-refractivity contribution is 0.00528. The molecule has 22 heavy (non-hydrogen) atoms. The van der Waals surface area contributed by atoms with Gasteiger partial charge in [0.05, 0.1) is 25.5 Å². The summed E-state index contributed by atoms with van der Waals surface area (Å²) in [5.41, 5.74) is 6.64. The number of aliphatic imine (C=N–C) groups is 1. The van der Waals surface area contributed by atoms with E-state index in [0.29, 0.717) is 37.0 Å². The van der Waals surface area contributed by atoms with Crippen LogP contribution in [0.15, 0.2) is 23.5 Å². The van der Waals surface area contributed by atoms with Gasteiger partial charge in [-0.05, 0) is 13.0 Å². The number of ether oxygens (including phenoxy) is 2. The van der Waals surface area contributed by atoms with E-state index in [1.807, 2.05) is 11.8 Å². The molecule has 1 fully saturated rings. The topological polar surface area (TPSA) is 73.0 Å². The highest BCUT2D eigenvalue weighted by Crippen LogP contribution is 2.18. The third-order valence-corrected chi connectivity index (χ3v) is 3.21. The number of nitrogens with two attached hydrogens (primary N) is 1. The summed E-state index contributed by atoms with van der Waals surface area (Å²) in [6.07, 6.45) is 0.540. The first-order valence-electron chi connectivity index (χ1n) is 7.06. The number of rotatable bonds is 5. The van der Waals surface area contributed by atoms with Crippen molar-refractivity contribution in [1.29, 1.82) is 0 Å². The van der Waals surface area contributed by atoms with E-state index in [-0.39, 0.29) is 12.6 Å². The molecule has 1 aliphatic heterocycles. The van der Waals surface area contributed by atoms with Crippen LogP contribution in [0.2, 0.25) is 0 Å². The van der Waals surface area contributed by atoms with E-state index in [2.05, 4.69) is 9.98 Å². The zero-order valence-electron chi connectivity index (χ0n) is 12.4. The summed E-state index contributed by atoms with van der Waals surface area (Å²) in [6, 6.07) is 1.68. The molecule has 1 saturated heterocycles. The Morgan fingerprint density at radius 3 is 3.18 bits per heavy atom. The fourth-order valence-corrected chi connectivity index (χ4v) is 2.11. The molecule has 0 radical (unpaired) electrons. The largest absolute Gasteiger partial charge is 0.486 e. The van der Waals surface area contributed by atoms with Crippen molar-refractivity contribution >= 4 is 5.96 Å². The van der Waals surface area contributed by atoms with Crippen molar-refractivity contribution in [2.75, 3.05) is 26.3 Å². The molecule has 2 heterocycles. The number of alkyl halides is 2. The number of hydrogen-bond acceptors (Lipinski definition) is 4. The molecule has 0 aromatic carbocycles. The monoisotopic (exact) mass is 314 g/mol. The molecule has 0 aliphatic carbocycles. The second kappa shape index (κ2) is 7.88. The van der Waals surface area contributed by atoms with Gasteiger partial charge in [0.1, 0.15) is 12.4 Å². The van der Waals surface area contributed by atoms with Crippen LogP contribution in [0.4, 0.5) is 8.78 Å². The summed E-state index contributed by atoms with van der Waals surface area (Å²) in [4.78, 5) is 10.1. The van der Waals surface area contributed by atoms with Crippen LogP contribution in [0.25, 0.3) is 0 Å². The SMILES string of the molecule is CC1CN(C(N)=NCc2ccncc2OCC(F)F)CCO1. The molecule has 0 amide bonds. The predicted octanol–water partition coefficient (Wildman–Crippen LogP) is 1.26. The maximum Gasteiger partial charge on any atom is 0.272 e. The molecule has 0 bridgehead atoms. The second-order valence-corrected chi connectivity index (χ2v) is 4.99. The first-order chi connectivity index (χ1) is 10.6. The van der Waals surface area contributed by atoms with Gasteiger partial charge in [0.2, 0.25) is 0 Å². The van der Waals surface area contributed by atoms with Gasteiger partial charge in [0.15, 0.2) is 5.96 Å². The molecule has 1 aromatic rings. The molecule has 0 spiro atoms. The maximum atomic E-state index is 12.2. The molecule has 2 N–H and O–H groups in total. The third kappa shape index (κ3) is 4.80. The quantitative estimate of drug-likeness (QED) is 0.654. The summed E-state index contributed by atoms with van der Waals surface area (Å²) in [5, 5.41) is 0. The Kier molecular flexibility index (Phi) is 5.88. The molecule has 1 aliphatic rings. The van der Waals surface area contributed by atoms with Gasteiger partial charge in [0.25, 0.3) is 6.43 Å². The Labute approximate surface area is 127 Å². The molecule has 1 atom stereocenters. The summed E-state index contributed by atoms with van der Waals surface area (Å²) in [7, 11) is 0. The maximum absolute atomic E-state index is 12.2. The van der Waals surface area contributed by atoms with E-state index < -0.39 is 13.0 Å². The Morgan fingerprint density at radius 1 is 1.64 bits per heavy atom. The van der Waals surface area contributed by atoms with Crippen LogP contribution in [-0.2, 0) is 11.3 Å². The molecule has 8 heteroatoms.